The zero-order chi connectivity index (χ0) is 12.3. The molecule has 3 nitrogen and oxygen atoms in total. The topological polar surface area (TPSA) is 34.9 Å². The Morgan fingerprint density at radius 2 is 2.12 bits per heavy atom. The van der Waals surface area contributed by atoms with Crippen molar-refractivity contribution in [3.05, 3.63) is 29.6 Å². The molecule has 0 saturated carbocycles. The fourth-order valence-electron chi connectivity index (χ4n) is 1.02. The Kier molecular flexibility index (Phi) is 3.51. The molecule has 1 rings (SSSR count). The first-order chi connectivity index (χ1) is 7.30. The summed E-state index contributed by atoms with van der Waals surface area (Å²) in [5.74, 6) is -1.86. The molecule has 0 fully saturated rings. The van der Waals surface area contributed by atoms with E-state index in [1.165, 1.54) is 4.68 Å². The van der Waals surface area contributed by atoms with Crippen LogP contribution in [0.1, 0.15) is 24.2 Å². The molecule has 0 saturated heterocycles. The number of aromatic nitrogens is 2. The van der Waals surface area contributed by atoms with Crippen molar-refractivity contribution >= 4 is 5.78 Å². The minimum atomic E-state index is -4.84. The van der Waals surface area contributed by atoms with Gasteiger partial charge in [0.2, 0.25) is 0 Å². The van der Waals surface area contributed by atoms with Crippen LogP contribution in [0.4, 0.5) is 13.2 Å². The van der Waals surface area contributed by atoms with Gasteiger partial charge in [0.1, 0.15) is 0 Å². The third-order valence-corrected chi connectivity index (χ3v) is 1.84. The quantitative estimate of drug-likeness (QED) is 0.593. The predicted octanol–water partition coefficient (Wildman–Crippen LogP) is 2.59. The Morgan fingerprint density at radius 3 is 2.62 bits per heavy atom. The summed E-state index contributed by atoms with van der Waals surface area (Å²) in [5.41, 5.74) is 0.592. The van der Waals surface area contributed by atoms with Gasteiger partial charge in [-0.1, -0.05) is 11.6 Å². The smallest absolute Gasteiger partial charge is 0.284 e. The van der Waals surface area contributed by atoms with Gasteiger partial charge in [-0.2, -0.15) is 18.3 Å². The summed E-state index contributed by atoms with van der Waals surface area (Å²) in [6, 6.07) is 0. The number of carbonyl (C=O) groups excluding carboxylic acids is 1. The number of carbonyl (C=O) groups is 1. The molecule has 1 aromatic heterocycles. The van der Waals surface area contributed by atoms with Crippen LogP contribution < -0.4 is 0 Å². The van der Waals surface area contributed by atoms with E-state index in [1.807, 2.05) is 13.8 Å². The first-order valence-corrected chi connectivity index (χ1v) is 4.58. The van der Waals surface area contributed by atoms with Crippen molar-refractivity contribution in [3.63, 3.8) is 0 Å². The van der Waals surface area contributed by atoms with Gasteiger partial charge in [-0.15, -0.1) is 0 Å². The fourth-order valence-corrected chi connectivity index (χ4v) is 1.02. The van der Waals surface area contributed by atoms with Crippen LogP contribution >= 0.6 is 0 Å². The number of allylic oxidation sites excluding steroid dienone is 2. The maximum Gasteiger partial charge on any atom is 0.454 e. The Bertz CT molecular complexity index is 414. The lowest BCUT2D eigenvalue weighted by atomic mass is 10.2. The summed E-state index contributed by atoms with van der Waals surface area (Å²) in [7, 11) is 0. The second kappa shape index (κ2) is 4.51. The number of hydrogen-bond donors (Lipinski definition) is 0. The number of halogens is 3. The van der Waals surface area contributed by atoms with Crippen LogP contribution in [-0.2, 0) is 6.54 Å². The molecule has 0 atom stereocenters. The third kappa shape index (κ3) is 3.22. The molecule has 1 heterocycles. The number of ketones is 1. The molecule has 1 aromatic rings. The van der Waals surface area contributed by atoms with Crippen LogP contribution in [0.15, 0.2) is 24.0 Å². The van der Waals surface area contributed by atoms with E-state index in [4.69, 9.17) is 0 Å². The van der Waals surface area contributed by atoms with Gasteiger partial charge >= 0.3 is 6.18 Å². The predicted molar refractivity (Wildman–Crippen MR) is 52.0 cm³/mol. The summed E-state index contributed by atoms with van der Waals surface area (Å²) in [5, 5.41) is 3.67. The molecule has 88 valence electrons. The van der Waals surface area contributed by atoms with E-state index < -0.39 is 17.5 Å². The van der Waals surface area contributed by atoms with Crippen LogP contribution in [-0.4, -0.2) is 21.7 Å². The van der Waals surface area contributed by atoms with Crippen LogP contribution in [0, 0.1) is 0 Å². The van der Waals surface area contributed by atoms with E-state index in [1.54, 1.807) is 6.08 Å². The molecule has 0 aliphatic heterocycles. The number of hydrogen-bond acceptors (Lipinski definition) is 2. The van der Waals surface area contributed by atoms with Gasteiger partial charge in [0.25, 0.3) is 5.78 Å². The van der Waals surface area contributed by atoms with Gasteiger partial charge in [0, 0.05) is 6.20 Å². The largest absolute Gasteiger partial charge is 0.454 e. The number of Topliss-reactive ketones (excluding diaryl/α,β-unsaturated/α-hetero) is 1. The molecule has 0 N–H and O–H groups in total. The van der Waals surface area contributed by atoms with Crippen molar-refractivity contribution in [2.75, 3.05) is 0 Å². The molecular weight excluding hydrogens is 221 g/mol. The molecule has 0 aliphatic rings. The average molecular weight is 232 g/mol. The minimum Gasteiger partial charge on any atom is -0.284 e. The Hall–Kier alpha value is -1.59. The van der Waals surface area contributed by atoms with Crippen molar-refractivity contribution < 1.29 is 18.0 Å². The van der Waals surface area contributed by atoms with Crippen molar-refractivity contribution in [2.24, 2.45) is 0 Å². The standard InChI is InChI=1S/C10H11F3N2O/c1-7(2)3-4-15-6-8(5-14-15)9(16)10(11,12)13/h3,5-6H,4H2,1-2H3. The van der Waals surface area contributed by atoms with E-state index in [0.29, 0.717) is 6.54 Å². The Balaban J connectivity index is 2.80. The van der Waals surface area contributed by atoms with Gasteiger partial charge in [0.05, 0.1) is 18.3 Å². The van der Waals surface area contributed by atoms with Crippen LogP contribution in [0.5, 0.6) is 0 Å². The van der Waals surface area contributed by atoms with E-state index >= 15 is 0 Å². The summed E-state index contributed by atoms with van der Waals surface area (Å²) in [6.07, 6.45) is -1.02. The van der Waals surface area contributed by atoms with Gasteiger partial charge < -0.3 is 0 Å². The zero-order valence-corrected chi connectivity index (χ0v) is 8.88. The molecule has 0 aliphatic carbocycles. The highest BCUT2D eigenvalue weighted by Gasteiger charge is 2.39. The first-order valence-electron chi connectivity index (χ1n) is 4.58. The third-order valence-electron chi connectivity index (χ3n) is 1.84. The monoisotopic (exact) mass is 232 g/mol. The minimum absolute atomic E-state index is 0.355. The molecule has 0 unspecified atom stereocenters. The lowest BCUT2D eigenvalue weighted by Crippen LogP contribution is -2.22. The summed E-state index contributed by atoms with van der Waals surface area (Å²) < 4.78 is 37.5. The van der Waals surface area contributed by atoms with E-state index in [9.17, 15) is 18.0 Å². The van der Waals surface area contributed by atoms with E-state index in [0.717, 1.165) is 18.0 Å². The maximum absolute atomic E-state index is 12.1. The molecule has 0 aromatic carbocycles. The molecule has 0 amide bonds. The normalized spacial score (nSPS) is 11.3. The second-order valence-electron chi connectivity index (χ2n) is 3.56. The summed E-state index contributed by atoms with van der Waals surface area (Å²) in [6.45, 7) is 4.09. The van der Waals surface area contributed by atoms with Crippen LogP contribution in [0.2, 0.25) is 0 Å². The van der Waals surface area contributed by atoms with Crippen LogP contribution in [0.3, 0.4) is 0 Å². The highest BCUT2D eigenvalue weighted by molar-refractivity contribution is 5.99. The highest BCUT2D eigenvalue weighted by Crippen LogP contribution is 2.20. The van der Waals surface area contributed by atoms with E-state index in [2.05, 4.69) is 5.10 Å². The highest BCUT2D eigenvalue weighted by atomic mass is 19.4. The summed E-state index contributed by atoms with van der Waals surface area (Å²) >= 11 is 0. The molecule has 16 heavy (non-hydrogen) atoms. The maximum atomic E-state index is 12.1. The Morgan fingerprint density at radius 1 is 1.50 bits per heavy atom. The van der Waals surface area contributed by atoms with Crippen molar-refractivity contribution in [2.45, 2.75) is 26.6 Å². The SMILES string of the molecule is CC(C)=CCn1cc(C(=O)C(F)(F)F)cn1. The first kappa shape index (κ1) is 12.5. The zero-order valence-electron chi connectivity index (χ0n) is 8.88. The molecule has 0 bridgehead atoms. The average Bonchev–Trinajstić information content (AvgIpc) is 2.60. The summed E-state index contributed by atoms with van der Waals surface area (Å²) in [4.78, 5) is 10.8. The number of rotatable bonds is 3. The molecule has 0 radical (unpaired) electrons. The number of nitrogens with zero attached hydrogens (tertiary/aromatic N) is 2. The lowest BCUT2D eigenvalue weighted by molar-refractivity contribution is -0.0885. The molecule has 6 heteroatoms. The van der Waals surface area contributed by atoms with Gasteiger partial charge in [-0.25, -0.2) is 0 Å². The van der Waals surface area contributed by atoms with Gasteiger partial charge in [-0.3, -0.25) is 9.48 Å². The molecule has 0 spiro atoms. The van der Waals surface area contributed by atoms with Crippen molar-refractivity contribution in [1.82, 2.24) is 9.78 Å². The van der Waals surface area contributed by atoms with E-state index in [-0.39, 0.29) is 0 Å². The van der Waals surface area contributed by atoms with Crippen molar-refractivity contribution in [1.29, 1.82) is 0 Å². The molecular formula is C10H11F3N2O. The Labute approximate surface area is 90.6 Å². The number of alkyl halides is 3. The van der Waals surface area contributed by atoms with Crippen LogP contribution in [0.25, 0.3) is 0 Å². The van der Waals surface area contributed by atoms with Gasteiger partial charge in [-0.05, 0) is 13.8 Å². The fraction of sp³-hybridized carbons (Fsp3) is 0.400. The lowest BCUT2D eigenvalue weighted by Gasteiger charge is -2.01. The second-order valence-corrected chi connectivity index (χ2v) is 3.56. The van der Waals surface area contributed by atoms with Gasteiger partial charge in [0.15, 0.2) is 0 Å². The van der Waals surface area contributed by atoms with Crippen molar-refractivity contribution in [3.8, 4) is 0 Å².